The first kappa shape index (κ1) is 25.7. The SMILES string of the molecule is Cc1ccc(N2C(=O)NC(=O)/C(=C\c3ccccc3OCC(=O)Nc3cccc(C)c3C)C2=O)cc1Cl. The highest BCUT2D eigenvalue weighted by molar-refractivity contribution is 6.39. The van der Waals surface area contributed by atoms with E-state index in [1.165, 1.54) is 12.1 Å². The van der Waals surface area contributed by atoms with Crippen LogP contribution in [0.5, 0.6) is 5.75 Å². The van der Waals surface area contributed by atoms with E-state index in [4.69, 9.17) is 16.3 Å². The van der Waals surface area contributed by atoms with Crippen LogP contribution in [-0.4, -0.2) is 30.4 Å². The number of nitrogens with one attached hydrogen (secondary N) is 2. The Morgan fingerprint density at radius 1 is 1.00 bits per heavy atom. The zero-order valence-corrected chi connectivity index (χ0v) is 21.2. The number of anilines is 2. The standard InChI is InChI=1S/C28H24ClN3O5/c1-16-7-6-9-23(18(16)3)30-25(33)15-37-24-10-5-4-8-19(24)13-21-26(34)31-28(36)32(27(21)35)20-12-11-17(2)22(29)14-20/h4-14H,15H2,1-3H3,(H,30,33)(H,31,34,36)/b21-13+. The molecule has 188 valence electrons. The van der Waals surface area contributed by atoms with Gasteiger partial charge in [0.15, 0.2) is 6.61 Å². The number of carbonyl (C=O) groups excluding carboxylic acids is 4. The molecule has 0 spiro atoms. The van der Waals surface area contributed by atoms with Gasteiger partial charge in [-0.1, -0.05) is 48.0 Å². The molecule has 0 atom stereocenters. The topological polar surface area (TPSA) is 105 Å². The van der Waals surface area contributed by atoms with Gasteiger partial charge in [0.1, 0.15) is 11.3 Å². The first-order valence-corrected chi connectivity index (χ1v) is 11.8. The number of imide groups is 2. The fourth-order valence-corrected chi connectivity index (χ4v) is 3.89. The van der Waals surface area contributed by atoms with Crippen LogP contribution in [0.25, 0.3) is 6.08 Å². The van der Waals surface area contributed by atoms with Crippen LogP contribution in [0.2, 0.25) is 5.02 Å². The molecule has 0 aromatic heterocycles. The van der Waals surface area contributed by atoms with Gasteiger partial charge in [0, 0.05) is 16.3 Å². The van der Waals surface area contributed by atoms with Crippen molar-refractivity contribution in [2.45, 2.75) is 20.8 Å². The summed E-state index contributed by atoms with van der Waals surface area (Å²) in [6.07, 6.45) is 1.32. The minimum atomic E-state index is -0.875. The van der Waals surface area contributed by atoms with Crippen molar-refractivity contribution in [3.63, 3.8) is 0 Å². The second kappa shape index (κ2) is 10.7. The smallest absolute Gasteiger partial charge is 0.335 e. The number of benzene rings is 3. The predicted molar refractivity (Wildman–Crippen MR) is 142 cm³/mol. The van der Waals surface area contributed by atoms with Gasteiger partial charge in [-0.25, -0.2) is 9.69 Å². The number of hydrogen-bond acceptors (Lipinski definition) is 5. The lowest BCUT2D eigenvalue weighted by Gasteiger charge is -2.26. The van der Waals surface area contributed by atoms with E-state index in [-0.39, 0.29) is 29.5 Å². The van der Waals surface area contributed by atoms with Gasteiger partial charge in [-0.2, -0.15) is 0 Å². The molecule has 0 aliphatic carbocycles. The van der Waals surface area contributed by atoms with Gasteiger partial charge in [0.05, 0.1) is 5.69 Å². The Morgan fingerprint density at radius 2 is 1.76 bits per heavy atom. The van der Waals surface area contributed by atoms with Crippen LogP contribution in [0, 0.1) is 20.8 Å². The average Bonchev–Trinajstić information content (AvgIpc) is 2.86. The maximum absolute atomic E-state index is 13.2. The Bertz CT molecular complexity index is 1460. The lowest BCUT2D eigenvalue weighted by Crippen LogP contribution is -2.54. The Balaban J connectivity index is 1.56. The lowest BCUT2D eigenvalue weighted by molar-refractivity contribution is -0.122. The van der Waals surface area contributed by atoms with E-state index in [9.17, 15) is 19.2 Å². The van der Waals surface area contributed by atoms with Crippen molar-refractivity contribution in [1.82, 2.24) is 5.32 Å². The highest BCUT2D eigenvalue weighted by Gasteiger charge is 2.37. The summed E-state index contributed by atoms with van der Waals surface area (Å²) in [5.74, 6) is -1.73. The van der Waals surface area contributed by atoms with E-state index in [0.29, 0.717) is 16.3 Å². The summed E-state index contributed by atoms with van der Waals surface area (Å²) in [5.41, 5.74) is 3.81. The van der Waals surface area contributed by atoms with Gasteiger partial charge in [-0.05, 0) is 67.8 Å². The molecular formula is C28H24ClN3O5. The molecule has 4 rings (SSSR count). The van der Waals surface area contributed by atoms with Gasteiger partial charge in [0.25, 0.3) is 17.7 Å². The normalized spacial score (nSPS) is 14.5. The zero-order valence-electron chi connectivity index (χ0n) is 20.4. The van der Waals surface area contributed by atoms with Gasteiger partial charge in [-0.15, -0.1) is 0 Å². The second-order valence-electron chi connectivity index (χ2n) is 8.51. The van der Waals surface area contributed by atoms with Crippen LogP contribution >= 0.6 is 11.6 Å². The van der Waals surface area contributed by atoms with Crippen LogP contribution < -0.4 is 20.3 Å². The number of nitrogens with zero attached hydrogens (tertiary/aromatic N) is 1. The van der Waals surface area contributed by atoms with Gasteiger partial charge < -0.3 is 10.1 Å². The average molecular weight is 518 g/mol. The molecule has 0 unspecified atom stereocenters. The zero-order chi connectivity index (χ0) is 26.7. The molecule has 9 heteroatoms. The molecule has 3 aromatic rings. The molecule has 5 amide bonds. The maximum Gasteiger partial charge on any atom is 0.335 e. The number of ether oxygens (including phenoxy) is 1. The van der Waals surface area contributed by atoms with Crippen molar-refractivity contribution in [2.75, 3.05) is 16.8 Å². The number of carbonyl (C=O) groups is 4. The molecule has 0 saturated carbocycles. The second-order valence-corrected chi connectivity index (χ2v) is 8.92. The predicted octanol–water partition coefficient (Wildman–Crippen LogP) is 4.95. The molecule has 3 aromatic carbocycles. The molecule has 0 radical (unpaired) electrons. The molecule has 1 fully saturated rings. The number of amides is 5. The van der Waals surface area contributed by atoms with E-state index in [1.807, 2.05) is 26.0 Å². The minimum Gasteiger partial charge on any atom is -0.483 e. The molecule has 1 saturated heterocycles. The molecule has 1 aliphatic heterocycles. The third-order valence-electron chi connectivity index (χ3n) is 5.97. The van der Waals surface area contributed by atoms with Crippen LogP contribution in [0.3, 0.4) is 0 Å². The highest BCUT2D eigenvalue weighted by Crippen LogP contribution is 2.28. The molecule has 1 aliphatic rings. The van der Waals surface area contributed by atoms with Crippen LogP contribution in [0.1, 0.15) is 22.3 Å². The van der Waals surface area contributed by atoms with E-state index < -0.39 is 17.8 Å². The van der Waals surface area contributed by atoms with E-state index >= 15 is 0 Å². The molecule has 1 heterocycles. The Hall–Kier alpha value is -4.43. The van der Waals surface area contributed by atoms with E-state index in [2.05, 4.69) is 10.6 Å². The number of urea groups is 1. The van der Waals surface area contributed by atoms with Crippen LogP contribution in [-0.2, 0) is 14.4 Å². The number of hydrogen-bond donors (Lipinski definition) is 2. The van der Waals surface area contributed by atoms with Crippen LogP contribution in [0.4, 0.5) is 16.2 Å². The summed E-state index contributed by atoms with van der Waals surface area (Å²) >= 11 is 6.17. The Morgan fingerprint density at radius 3 is 2.51 bits per heavy atom. The van der Waals surface area contributed by atoms with Crippen molar-refractivity contribution in [3.05, 3.63) is 93.5 Å². The third-order valence-corrected chi connectivity index (χ3v) is 6.38. The van der Waals surface area contributed by atoms with Gasteiger partial charge in [0.2, 0.25) is 0 Å². The van der Waals surface area contributed by atoms with Crippen molar-refractivity contribution < 1.29 is 23.9 Å². The van der Waals surface area contributed by atoms with Gasteiger partial charge in [-0.3, -0.25) is 19.7 Å². The quantitative estimate of drug-likeness (QED) is 0.355. The highest BCUT2D eigenvalue weighted by atomic mass is 35.5. The molecule has 0 bridgehead atoms. The molecule has 2 N–H and O–H groups in total. The summed E-state index contributed by atoms with van der Waals surface area (Å²) in [6, 6.07) is 16.1. The summed E-state index contributed by atoms with van der Waals surface area (Å²) in [7, 11) is 0. The minimum absolute atomic E-state index is 0.226. The van der Waals surface area contributed by atoms with Crippen molar-refractivity contribution >= 4 is 52.8 Å². The maximum atomic E-state index is 13.2. The first-order chi connectivity index (χ1) is 17.7. The van der Waals surface area contributed by atoms with Crippen molar-refractivity contribution in [1.29, 1.82) is 0 Å². The number of aryl methyl sites for hydroxylation is 2. The van der Waals surface area contributed by atoms with Crippen molar-refractivity contribution in [3.8, 4) is 5.75 Å². The fourth-order valence-electron chi connectivity index (χ4n) is 3.72. The monoisotopic (exact) mass is 517 g/mol. The summed E-state index contributed by atoms with van der Waals surface area (Å²) < 4.78 is 5.72. The summed E-state index contributed by atoms with van der Waals surface area (Å²) in [5, 5.41) is 5.37. The molecule has 37 heavy (non-hydrogen) atoms. The molecule has 8 nitrogen and oxygen atoms in total. The largest absolute Gasteiger partial charge is 0.483 e. The van der Waals surface area contributed by atoms with E-state index in [0.717, 1.165) is 21.6 Å². The third kappa shape index (κ3) is 5.54. The number of barbiturate groups is 1. The Kier molecular flexibility index (Phi) is 7.40. The number of rotatable bonds is 6. The number of halogens is 1. The fraction of sp³-hybridized carbons (Fsp3) is 0.143. The van der Waals surface area contributed by atoms with Crippen molar-refractivity contribution in [2.24, 2.45) is 0 Å². The number of para-hydroxylation sites is 1. The van der Waals surface area contributed by atoms with E-state index in [1.54, 1.807) is 49.4 Å². The Labute approximate surface area is 218 Å². The molecular weight excluding hydrogens is 494 g/mol. The van der Waals surface area contributed by atoms with Crippen LogP contribution in [0.15, 0.2) is 66.2 Å². The lowest BCUT2D eigenvalue weighted by atomic mass is 10.1. The summed E-state index contributed by atoms with van der Waals surface area (Å²) in [4.78, 5) is 51.6. The van der Waals surface area contributed by atoms with Gasteiger partial charge >= 0.3 is 6.03 Å². The first-order valence-electron chi connectivity index (χ1n) is 11.4. The summed E-state index contributed by atoms with van der Waals surface area (Å²) in [6.45, 7) is 5.37.